The number of benzene rings is 1. The predicted octanol–water partition coefficient (Wildman–Crippen LogP) is 1.88. The number of carbonyl (C=O) groups is 1. The third-order valence-corrected chi connectivity index (χ3v) is 2.84. The molecule has 1 aromatic carbocycles. The summed E-state index contributed by atoms with van der Waals surface area (Å²) in [5.41, 5.74) is 1.05. The van der Waals surface area contributed by atoms with Crippen LogP contribution in [0.2, 0.25) is 0 Å². The highest BCUT2D eigenvalue weighted by Gasteiger charge is 2.17. The van der Waals surface area contributed by atoms with Gasteiger partial charge in [0.25, 0.3) is 0 Å². The molecule has 0 aromatic heterocycles. The Labute approximate surface area is 101 Å². The zero-order chi connectivity index (χ0) is 12.1. The first-order valence-corrected chi connectivity index (χ1v) is 5.97. The second-order valence-corrected chi connectivity index (χ2v) is 4.20. The molecule has 0 unspecified atom stereocenters. The van der Waals surface area contributed by atoms with Crippen LogP contribution in [0, 0.1) is 0 Å². The Morgan fingerprint density at radius 1 is 1.29 bits per heavy atom. The topological polar surface area (TPSA) is 49.8 Å². The third-order valence-electron chi connectivity index (χ3n) is 2.84. The first-order valence-electron chi connectivity index (χ1n) is 5.97. The number of amides is 1. The van der Waals surface area contributed by atoms with Crippen molar-refractivity contribution in [2.45, 2.75) is 25.7 Å². The van der Waals surface area contributed by atoms with Crippen LogP contribution in [0.15, 0.2) is 24.3 Å². The van der Waals surface area contributed by atoms with E-state index in [2.05, 4.69) is 0 Å². The standard InChI is InChI=1S/C13H17NO3/c15-12-6-3-11(4-7-12)5-8-13(16)14-9-1-2-10-17-14/h3-4,6-7,15H,1-2,5,8-10H2. The summed E-state index contributed by atoms with van der Waals surface area (Å²) in [5, 5.41) is 10.6. The first-order chi connectivity index (χ1) is 8.25. The molecule has 2 rings (SSSR count). The Balaban J connectivity index is 1.81. The molecule has 1 heterocycles. The summed E-state index contributed by atoms with van der Waals surface area (Å²) in [7, 11) is 0. The molecule has 17 heavy (non-hydrogen) atoms. The molecule has 0 radical (unpaired) electrons. The molecule has 1 N–H and O–H groups in total. The van der Waals surface area contributed by atoms with E-state index in [4.69, 9.17) is 9.94 Å². The number of nitrogens with zero attached hydrogens (tertiary/aromatic N) is 1. The van der Waals surface area contributed by atoms with Gasteiger partial charge in [0.1, 0.15) is 5.75 Å². The summed E-state index contributed by atoms with van der Waals surface area (Å²) < 4.78 is 0. The molecule has 4 heteroatoms. The van der Waals surface area contributed by atoms with Crippen molar-refractivity contribution >= 4 is 5.91 Å². The molecule has 1 fully saturated rings. The average Bonchev–Trinajstić information content (AvgIpc) is 2.39. The smallest absolute Gasteiger partial charge is 0.246 e. The highest BCUT2D eigenvalue weighted by molar-refractivity contribution is 5.75. The summed E-state index contributed by atoms with van der Waals surface area (Å²) in [6.07, 6.45) is 3.18. The normalized spacial score (nSPS) is 15.9. The molecule has 1 saturated heterocycles. The van der Waals surface area contributed by atoms with Crippen molar-refractivity contribution in [2.75, 3.05) is 13.2 Å². The second-order valence-electron chi connectivity index (χ2n) is 4.20. The Morgan fingerprint density at radius 3 is 2.71 bits per heavy atom. The van der Waals surface area contributed by atoms with E-state index >= 15 is 0 Å². The van der Waals surface area contributed by atoms with Crippen LogP contribution < -0.4 is 0 Å². The van der Waals surface area contributed by atoms with E-state index in [-0.39, 0.29) is 11.7 Å². The number of aryl methyl sites for hydroxylation is 1. The first kappa shape index (κ1) is 11.9. The van der Waals surface area contributed by atoms with Crippen molar-refractivity contribution in [3.05, 3.63) is 29.8 Å². The molecule has 0 bridgehead atoms. The molecule has 1 aromatic rings. The number of phenolic OH excluding ortho intramolecular Hbond substituents is 1. The lowest BCUT2D eigenvalue weighted by molar-refractivity contribution is -0.197. The largest absolute Gasteiger partial charge is 0.508 e. The number of rotatable bonds is 3. The molecule has 0 aliphatic carbocycles. The van der Waals surface area contributed by atoms with Gasteiger partial charge >= 0.3 is 0 Å². The molecule has 0 saturated carbocycles. The zero-order valence-electron chi connectivity index (χ0n) is 9.76. The Hall–Kier alpha value is -1.55. The second kappa shape index (κ2) is 5.68. The van der Waals surface area contributed by atoms with Crippen LogP contribution >= 0.6 is 0 Å². The fraction of sp³-hybridized carbons (Fsp3) is 0.462. The quantitative estimate of drug-likeness (QED) is 0.870. The van der Waals surface area contributed by atoms with E-state index in [1.807, 2.05) is 12.1 Å². The maximum atomic E-state index is 11.8. The number of hydroxylamine groups is 2. The monoisotopic (exact) mass is 235 g/mol. The van der Waals surface area contributed by atoms with Gasteiger partial charge in [0.05, 0.1) is 6.61 Å². The zero-order valence-corrected chi connectivity index (χ0v) is 9.76. The third kappa shape index (κ3) is 3.46. The Kier molecular flexibility index (Phi) is 3.98. The van der Waals surface area contributed by atoms with Crippen LogP contribution in [0.4, 0.5) is 0 Å². The van der Waals surface area contributed by atoms with E-state index in [9.17, 15) is 4.79 Å². The fourth-order valence-corrected chi connectivity index (χ4v) is 1.83. The molecule has 1 aliphatic heterocycles. The molecular weight excluding hydrogens is 218 g/mol. The van der Waals surface area contributed by atoms with Crippen LogP contribution in [-0.4, -0.2) is 29.2 Å². The van der Waals surface area contributed by atoms with Gasteiger partial charge in [0.15, 0.2) is 0 Å². The minimum absolute atomic E-state index is 0.0396. The average molecular weight is 235 g/mol. The number of hydrogen-bond donors (Lipinski definition) is 1. The molecular formula is C13H17NO3. The maximum absolute atomic E-state index is 11.8. The molecule has 92 valence electrons. The van der Waals surface area contributed by atoms with E-state index in [0.29, 0.717) is 26.0 Å². The van der Waals surface area contributed by atoms with Crippen molar-refractivity contribution in [3.8, 4) is 5.75 Å². The summed E-state index contributed by atoms with van der Waals surface area (Å²) in [6.45, 7) is 1.35. The van der Waals surface area contributed by atoms with E-state index in [1.165, 1.54) is 5.06 Å². The van der Waals surface area contributed by atoms with Crippen LogP contribution in [0.25, 0.3) is 0 Å². The van der Waals surface area contributed by atoms with Gasteiger partial charge < -0.3 is 5.11 Å². The summed E-state index contributed by atoms with van der Waals surface area (Å²) in [6, 6.07) is 6.94. The van der Waals surface area contributed by atoms with E-state index in [1.54, 1.807) is 12.1 Å². The Bertz CT molecular complexity index is 369. The molecule has 0 spiro atoms. The van der Waals surface area contributed by atoms with Crippen molar-refractivity contribution in [1.82, 2.24) is 5.06 Å². The van der Waals surface area contributed by atoms with E-state index < -0.39 is 0 Å². The van der Waals surface area contributed by atoms with Gasteiger partial charge in [0, 0.05) is 13.0 Å². The fourth-order valence-electron chi connectivity index (χ4n) is 1.83. The van der Waals surface area contributed by atoms with Crippen molar-refractivity contribution in [2.24, 2.45) is 0 Å². The van der Waals surface area contributed by atoms with Crippen LogP contribution in [0.5, 0.6) is 5.75 Å². The highest BCUT2D eigenvalue weighted by Crippen LogP contribution is 2.13. The lowest BCUT2D eigenvalue weighted by atomic mass is 10.1. The van der Waals surface area contributed by atoms with Gasteiger partial charge in [0.2, 0.25) is 5.91 Å². The number of aromatic hydroxyl groups is 1. The number of carbonyl (C=O) groups excluding carboxylic acids is 1. The van der Waals surface area contributed by atoms with Crippen LogP contribution in [0.1, 0.15) is 24.8 Å². The maximum Gasteiger partial charge on any atom is 0.246 e. The van der Waals surface area contributed by atoms with Crippen molar-refractivity contribution in [1.29, 1.82) is 0 Å². The highest BCUT2D eigenvalue weighted by atomic mass is 16.7. The van der Waals surface area contributed by atoms with E-state index in [0.717, 1.165) is 18.4 Å². The lowest BCUT2D eigenvalue weighted by Gasteiger charge is -2.25. The molecule has 4 nitrogen and oxygen atoms in total. The number of phenols is 1. The molecule has 1 amide bonds. The van der Waals surface area contributed by atoms with Gasteiger partial charge in [-0.25, -0.2) is 5.06 Å². The summed E-state index contributed by atoms with van der Waals surface area (Å²) >= 11 is 0. The van der Waals surface area contributed by atoms with Crippen LogP contribution in [-0.2, 0) is 16.1 Å². The molecule has 1 aliphatic rings. The molecule has 0 atom stereocenters. The summed E-state index contributed by atoms with van der Waals surface area (Å²) in [5.74, 6) is 0.289. The lowest BCUT2D eigenvalue weighted by Crippen LogP contribution is -2.35. The van der Waals surface area contributed by atoms with Crippen molar-refractivity contribution < 1.29 is 14.7 Å². The van der Waals surface area contributed by atoms with Gasteiger partial charge in [-0.2, -0.15) is 0 Å². The minimum Gasteiger partial charge on any atom is -0.508 e. The SMILES string of the molecule is O=C(CCc1ccc(O)cc1)N1CCCCO1. The minimum atomic E-state index is 0.0396. The van der Waals surface area contributed by atoms with Gasteiger partial charge in [-0.3, -0.25) is 9.63 Å². The van der Waals surface area contributed by atoms with Gasteiger partial charge in [-0.05, 0) is 37.0 Å². The number of hydrogen-bond acceptors (Lipinski definition) is 3. The Morgan fingerprint density at radius 2 is 2.06 bits per heavy atom. The van der Waals surface area contributed by atoms with Gasteiger partial charge in [-0.1, -0.05) is 12.1 Å². The van der Waals surface area contributed by atoms with Crippen molar-refractivity contribution in [3.63, 3.8) is 0 Å². The summed E-state index contributed by atoms with van der Waals surface area (Å²) in [4.78, 5) is 17.1. The predicted molar refractivity (Wildman–Crippen MR) is 63.3 cm³/mol. The van der Waals surface area contributed by atoms with Gasteiger partial charge in [-0.15, -0.1) is 0 Å². The van der Waals surface area contributed by atoms with Crippen LogP contribution in [0.3, 0.4) is 0 Å².